The van der Waals surface area contributed by atoms with Gasteiger partial charge in [0.05, 0.1) is 16.1 Å². The summed E-state index contributed by atoms with van der Waals surface area (Å²) in [5.41, 5.74) is -0.600. The van der Waals surface area contributed by atoms with Crippen LogP contribution in [0.3, 0.4) is 0 Å². The summed E-state index contributed by atoms with van der Waals surface area (Å²) < 4.78 is 63.8. The molecular formula is C24H24F3N3O6S. The van der Waals surface area contributed by atoms with Gasteiger partial charge in [0, 0.05) is 24.8 Å². The van der Waals surface area contributed by atoms with Gasteiger partial charge in [-0.25, -0.2) is 8.42 Å². The first-order valence-corrected chi connectivity index (χ1v) is 13.1. The molecule has 1 aliphatic carbocycles. The van der Waals surface area contributed by atoms with Crippen LogP contribution in [-0.4, -0.2) is 59.0 Å². The van der Waals surface area contributed by atoms with Crippen LogP contribution in [0.1, 0.15) is 47.3 Å². The van der Waals surface area contributed by atoms with Crippen LogP contribution in [-0.2, 0) is 32.1 Å². The lowest BCUT2D eigenvalue weighted by Crippen LogP contribution is -2.45. The number of aromatic nitrogens is 1. The summed E-state index contributed by atoms with van der Waals surface area (Å²) in [5.74, 6) is -2.75. The summed E-state index contributed by atoms with van der Waals surface area (Å²) in [6, 6.07) is 6.68. The highest BCUT2D eigenvalue weighted by molar-refractivity contribution is 7.92. The Labute approximate surface area is 210 Å². The number of nitrogens with one attached hydrogen (secondary N) is 1. The molecule has 1 atom stereocenters. The van der Waals surface area contributed by atoms with Crippen molar-refractivity contribution < 1.29 is 41.1 Å². The van der Waals surface area contributed by atoms with Crippen molar-refractivity contribution in [1.29, 1.82) is 0 Å². The van der Waals surface area contributed by atoms with E-state index >= 15 is 0 Å². The summed E-state index contributed by atoms with van der Waals surface area (Å²) in [6.07, 6.45) is -2.60. The van der Waals surface area contributed by atoms with Gasteiger partial charge >= 0.3 is 12.1 Å². The normalized spacial score (nSPS) is 21.8. The fraction of sp³-hybridized carbons (Fsp3) is 0.417. The molecule has 2 fully saturated rings. The zero-order valence-corrected chi connectivity index (χ0v) is 20.3. The highest BCUT2D eigenvalue weighted by atomic mass is 32.2. The molecule has 0 radical (unpaired) electrons. The predicted octanol–water partition coefficient (Wildman–Crippen LogP) is 2.66. The van der Waals surface area contributed by atoms with Crippen LogP contribution in [0.15, 0.2) is 47.5 Å². The first kappa shape index (κ1) is 26.6. The number of alkyl halides is 3. The number of aliphatic carboxylic acids is 1. The molecule has 1 aromatic heterocycles. The van der Waals surface area contributed by atoms with Gasteiger partial charge in [-0.3, -0.25) is 19.4 Å². The summed E-state index contributed by atoms with van der Waals surface area (Å²) in [6.45, 7) is 0.202. The molecule has 2 heterocycles. The van der Waals surface area contributed by atoms with Crippen molar-refractivity contribution in [3.63, 3.8) is 0 Å². The van der Waals surface area contributed by atoms with Crippen LogP contribution in [0.4, 0.5) is 13.2 Å². The number of halogens is 3. The van der Waals surface area contributed by atoms with E-state index in [0.29, 0.717) is 18.4 Å². The van der Waals surface area contributed by atoms with Gasteiger partial charge in [-0.05, 0) is 55.5 Å². The Morgan fingerprint density at radius 2 is 1.86 bits per heavy atom. The molecule has 0 spiro atoms. The van der Waals surface area contributed by atoms with Crippen LogP contribution in [0.2, 0.25) is 0 Å². The highest BCUT2D eigenvalue weighted by Crippen LogP contribution is 2.36. The lowest BCUT2D eigenvalue weighted by Gasteiger charge is -2.31. The molecule has 1 saturated carbocycles. The largest absolute Gasteiger partial charge is 0.481 e. The summed E-state index contributed by atoms with van der Waals surface area (Å²) in [5, 5.41) is 10.8. The van der Waals surface area contributed by atoms with E-state index in [0.717, 1.165) is 12.3 Å². The highest BCUT2D eigenvalue weighted by Gasteiger charge is 2.43. The number of hydrogen-bond donors (Lipinski definition) is 2. The second-order valence-electron chi connectivity index (χ2n) is 9.13. The Morgan fingerprint density at radius 1 is 1.14 bits per heavy atom. The van der Waals surface area contributed by atoms with Gasteiger partial charge in [-0.1, -0.05) is 12.1 Å². The topological polar surface area (TPSA) is 134 Å². The maximum absolute atomic E-state index is 13.2. The molecule has 0 bridgehead atoms. The zero-order valence-electron chi connectivity index (χ0n) is 19.4. The molecule has 1 aliphatic heterocycles. The summed E-state index contributed by atoms with van der Waals surface area (Å²) >= 11 is 0. The van der Waals surface area contributed by atoms with E-state index < -0.39 is 56.7 Å². The third-order valence-electron chi connectivity index (χ3n) is 6.69. The molecular weight excluding hydrogens is 515 g/mol. The van der Waals surface area contributed by atoms with Crippen LogP contribution in [0.5, 0.6) is 0 Å². The van der Waals surface area contributed by atoms with Crippen molar-refractivity contribution in [3.8, 4) is 0 Å². The Kier molecular flexibility index (Phi) is 7.27. The zero-order chi connectivity index (χ0) is 27.0. The molecule has 2 aliphatic rings. The number of carbonyl (C=O) groups excluding carboxylic acids is 2. The number of carbonyl (C=O) groups is 3. The number of sulfone groups is 1. The maximum atomic E-state index is 13.2. The van der Waals surface area contributed by atoms with Crippen molar-refractivity contribution in [3.05, 3.63) is 59.4 Å². The second kappa shape index (κ2) is 10.1. The Hall–Kier alpha value is -3.48. The number of benzene rings is 1. The summed E-state index contributed by atoms with van der Waals surface area (Å²) in [4.78, 5) is 41.6. The first-order valence-electron chi connectivity index (χ1n) is 11.6. The molecule has 198 valence electrons. The number of likely N-dealkylation sites (tertiary alicyclic amines) is 1. The van der Waals surface area contributed by atoms with E-state index in [4.69, 9.17) is 5.11 Å². The van der Waals surface area contributed by atoms with Crippen molar-refractivity contribution >= 4 is 27.6 Å². The number of carboxylic acid groups (broad SMARTS) is 1. The quantitative estimate of drug-likeness (QED) is 0.553. The molecule has 1 saturated heterocycles. The Bertz CT molecular complexity index is 1310. The van der Waals surface area contributed by atoms with Crippen LogP contribution >= 0.6 is 0 Å². The van der Waals surface area contributed by atoms with E-state index in [1.54, 1.807) is 0 Å². The van der Waals surface area contributed by atoms with E-state index in [1.807, 2.05) is 0 Å². The minimum atomic E-state index is -4.57. The van der Waals surface area contributed by atoms with Gasteiger partial charge in [0.15, 0.2) is 9.84 Å². The van der Waals surface area contributed by atoms with Crippen molar-refractivity contribution in [2.75, 3.05) is 6.54 Å². The number of pyridine rings is 1. The molecule has 37 heavy (non-hydrogen) atoms. The monoisotopic (exact) mass is 539 g/mol. The van der Waals surface area contributed by atoms with Crippen LogP contribution in [0.25, 0.3) is 0 Å². The summed E-state index contributed by atoms with van der Waals surface area (Å²) in [7, 11) is -3.82. The van der Waals surface area contributed by atoms with Gasteiger partial charge in [0.1, 0.15) is 11.7 Å². The van der Waals surface area contributed by atoms with E-state index in [9.17, 15) is 36.0 Å². The van der Waals surface area contributed by atoms with Gasteiger partial charge in [0.25, 0.3) is 5.91 Å². The minimum Gasteiger partial charge on any atom is -0.481 e. The molecule has 1 aromatic carbocycles. The number of carboxylic acids is 1. The number of amides is 2. The lowest BCUT2D eigenvalue weighted by molar-refractivity contribution is -0.144. The molecule has 2 N–H and O–H groups in total. The molecule has 13 heteroatoms. The van der Waals surface area contributed by atoms with Crippen molar-refractivity contribution in [2.24, 2.45) is 5.92 Å². The average molecular weight is 540 g/mol. The standard InChI is InChI=1S/C24H24F3N3O6S/c25-24(26,27)20-7-6-14(12-28-20)13-29-21(31)19-5-2-8-30(19)22(32)15-3-1-4-17(9-15)37(35,36)18-10-16(11-18)23(33)34/h1,3-4,6-7,9,12,16,18-19H,2,5,8,10-11,13H2,(H,29,31)(H,33,34). The number of rotatable bonds is 7. The molecule has 2 aromatic rings. The van der Waals surface area contributed by atoms with Crippen LogP contribution in [0, 0.1) is 5.92 Å². The minimum absolute atomic E-state index is 0.0126. The van der Waals surface area contributed by atoms with Gasteiger partial charge in [-0.15, -0.1) is 0 Å². The van der Waals surface area contributed by atoms with E-state index in [-0.39, 0.29) is 36.4 Å². The smallest absolute Gasteiger partial charge is 0.433 e. The van der Waals surface area contributed by atoms with Gasteiger partial charge in [-0.2, -0.15) is 13.2 Å². The van der Waals surface area contributed by atoms with E-state index in [1.165, 1.54) is 35.2 Å². The number of nitrogens with zero attached hydrogens (tertiary/aromatic N) is 2. The van der Waals surface area contributed by atoms with E-state index in [2.05, 4.69) is 10.3 Å². The second-order valence-corrected chi connectivity index (χ2v) is 11.4. The Balaban J connectivity index is 1.41. The van der Waals surface area contributed by atoms with Crippen molar-refractivity contribution in [2.45, 2.75) is 54.6 Å². The molecule has 2 amide bonds. The first-order chi connectivity index (χ1) is 17.4. The molecule has 9 nitrogen and oxygen atoms in total. The molecule has 4 rings (SSSR count). The van der Waals surface area contributed by atoms with Crippen molar-refractivity contribution in [1.82, 2.24) is 15.2 Å². The maximum Gasteiger partial charge on any atom is 0.433 e. The van der Waals surface area contributed by atoms with Gasteiger partial charge in [0.2, 0.25) is 5.91 Å². The Morgan fingerprint density at radius 3 is 2.49 bits per heavy atom. The van der Waals surface area contributed by atoms with Gasteiger partial charge < -0.3 is 15.3 Å². The third-order valence-corrected chi connectivity index (χ3v) is 8.86. The lowest BCUT2D eigenvalue weighted by atomic mass is 9.85. The SMILES string of the molecule is O=C(O)C1CC(S(=O)(=O)c2cccc(C(=O)N3CCCC3C(=O)NCc3ccc(C(F)(F)F)nc3)c2)C1. The fourth-order valence-electron chi connectivity index (χ4n) is 4.47. The fourth-order valence-corrected chi connectivity index (χ4v) is 6.39. The third kappa shape index (κ3) is 5.60. The van der Waals surface area contributed by atoms with Crippen LogP contribution < -0.4 is 5.32 Å². The molecule has 1 unspecified atom stereocenters. The predicted molar refractivity (Wildman–Crippen MR) is 123 cm³/mol. The number of hydrogen-bond acceptors (Lipinski definition) is 6. The average Bonchev–Trinajstić information content (AvgIpc) is 3.30.